The molecule has 0 unspecified atom stereocenters. The Hall–Kier alpha value is -3.35. The van der Waals surface area contributed by atoms with E-state index in [2.05, 4.69) is 10.7 Å². The van der Waals surface area contributed by atoms with Crippen molar-refractivity contribution in [1.82, 2.24) is 16.2 Å². The third kappa shape index (κ3) is 8.07. The minimum absolute atomic E-state index is 0.0260. The third-order valence-electron chi connectivity index (χ3n) is 5.34. The normalized spacial score (nSPS) is 15.6. The average molecular weight is 581 g/mol. The van der Waals surface area contributed by atoms with Gasteiger partial charge in [0, 0.05) is 15.7 Å². The molecule has 4 N–H and O–H groups in total. The molecule has 1 aliphatic rings. The van der Waals surface area contributed by atoms with Crippen LogP contribution in [0.15, 0.2) is 41.3 Å². The van der Waals surface area contributed by atoms with Gasteiger partial charge in [0.15, 0.2) is 0 Å². The summed E-state index contributed by atoms with van der Waals surface area (Å²) in [5.74, 6) is -3.22. The second-order valence-corrected chi connectivity index (χ2v) is 11.8. The molecule has 0 saturated heterocycles. The van der Waals surface area contributed by atoms with Crippen LogP contribution in [0.2, 0.25) is 5.02 Å². The van der Waals surface area contributed by atoms with Crippen LogP contribution in [-0.4, -0.2) is 51.9 Å². The number of rotatable bonds is 5. The number of carbonyl (C=O) groups is 4. The fraction of sp³-hybridized carbons (Fsp3) is 0.385. The van der Waals surface area contributed by atoms with Gasteiger partial charge in [0.1, 0.15) is 23.1 Å². The first-order chi connectivity index (χ1) is 18.0. The largest absolute Gasteiger partial charge is 0.444 e. The summed E-state index contributed by atoms with van der Waals surface area (Å²) in [5, 5.41) is 12.8. The van der Waals surface area contributed by atoms with Crippen LogP contribution in [0.4, 0.5) is 14.9 Å². The molecule has 2 aromatic carbocycles. The lowest BCUT2D eigenvalue weighted by Gasteiger charge is -2.27. The Morgan fingerprint density at radius 3 is 2.36 bits per heavy atom. The van der Waals surface area contributed by atoms with Crippen molar-refractivity contribution >= 4 is 52.9 Å². The van der Waals surface area contributed by atoms with Gasteiger partial charge in [-0.3, -0.25) is 25.2 Å². The highest BCUT2D eigenvalue weighted by Crippen LogP contribution is 2.37. The van der Waals surface area contributed by atoms with E-state index in [1.807, 2.05) is 5.43 Å². The molecule has 210 valence electrons. The first kappa shape index (κ1) is 30.2. The van der Waals surface area contributed by atoms with Crippen molar-refractivity contribution < 1.29 is 33.4 Å². The molecule has 0 radical (unpaired) electrons. The van der Waals surface area contributed by atoms with Crippen LogP contribution in [0.5, 0.6) is 0 Å². The first-order valence-corrected chi connectivity index (χ1v) is 13.3. The maximum atomic E-state index is 15.1. The van der Waals surface area contributed by atoms with Gasteiger partial charge in [0.05, 0.1) is 17.8 Å². The minimum atomic E-state index is -1.78. The molecular weight excluding hydrogens is 551 g/mol. The molecule has 1 atom stereocenters. The van der Waals surface area contributed by atoms with Crippen LogP contribution >= 0.6 is 23.4 Å². The molecule has 0 aliphatic carbocycles. The molecule has 0 bridgehead atoms. The average Bonchev–Trinajstić information content (AvgIpc) is 2.93. The summed E-state index contributed by atoms with van der Waals surface area (Å²) in [6, 6.07) is 8.04. The van der Waals surface area contributed by atoms with E-state index < -0.39 is 52.4 Å². The maximum Gasteiger partial charge on any atom is 0.408 e. The summed E-state index contributed by atoms with van der Waals surface area (Å²) < 4.78 is 20.4. The Morgan fingerprint density at radius 1 is 1.13 bits per heavy atom. The molecule has 39 heavy (non-hydrogen) atoms. The van der Waals surface area contributed by atoms with Crippen molar-refractivity contribution in [2.75, 3.05) is 10.7 Å². The summed E-state index contributed by atoms with van der Waals surface area (Å²) in [6.07, 6.45) is -0.785. The van der Waals surface area contributed by atoms with Crippen LogP contribution in [0, 0.1) is 5.82 Å². The van der Waals surface area contributed by atoms with Gasteiger partial charge in [0.25, 0.3) is 17.7 Å². The quantitative estimate of drug-likeness (QED) is 0.397. The molecule has 3 rings (SSSR count). The molecule has 1 heterocycles. The lowest BCUT2D eigenvalue weighted by Crippen LogP contribution is -2.51. The molecule has 0 spiro atoms. The molecule has 2 aromatic rings. The number of thioether (sulfide) groups is 1. The summed E-state index contributed by atoms with van der Waals surface area (Å²) in [7, 11) is 0. The number of anilines is 1. The number of nitrogens with zero attached hydrogens (tertiary/aromatic N) is 1. The zero-order chi connectivity index (χ0) is 29.1. The van der Waals surface area contributed by atoms with E-state index in [0.717, 1.165) is 17.8 Å². The number of alkyl carbamates (subject to hydrolysis) is 1. The van der Waals surface area contributed by atoms with Crippen molar-refractivity contribution in [2.24, 2.45) is 0 Å². The maximum absolute atomic E-state index is 15.1. The van der Waals surface area contributed by atoms with Crippen molar-refractivity contribution in [3.05, 3.63) is 58.4 Å². The molecular formula is C26H30ClFN4O6S. The number of halogens is 2. The van der Waals surface area contributed by atoms with Crippen molar-refractivity contribution in [2.45, 2.75) is 63.3 Å². The Kier molecular flexibility index (Phi) is 9.14. The minimum Gasteiger partial charge on any atom is -0.444 e. The van der Waals surface area contributed by atoms with Gasteiger partial charge in [-0.15, -0.1) is 11.8 Å². The van der Waals surface area contributed by atoms with Gasteiger partial charge in [-0.2, -0.15) is 0 Å². The molecule has 10 nitrogen and oxygen atoms in total. The highest BCUT2D eigenvalue weighted by atomic mass is 35.5. The monoisotopic (exact) mass is 580 g/mol. The highest BCUT2D eigenvalue weighted by Gasteiger charge is 2.34. The summed E-state index contributed by atoms with van der Waals surface area (Å²) in [4.78, 5) is 52.5. The SMILES string of the molecule is CC(C)(C)OC(=O)N[C@H]1CSc2cc(F)c(C(=O)NNC(=O)C(C)(C)O)cc2N(Cc2ccc(Cl)cc2)C1=O. The standard InChI is InChI=1S/C26H30ClFN4O6S/c1-25(2,3)38-24(36)29-18-13-39-20-11-17(28)16(21(33)30-31-23(35)26(4,5)37)10-19(20)32(22(18)34)12-14-6-8-15(27)9-7-14/h6-11,18,37H,12-13H2,1-5H3,(H,29,36)(H,30,33)(H,31,35)/t18-/m0/s1. The zero-order valence-electron chi connectivity index (χ0n) is 22.1. The van der Waals surface area contributed by atoms with E-state index >= 15 is 4.39 Å². The number of fused-ring (bicyclic) bond motifs is 1. The van der Waals surface area contributed by atoms with Gasteiger partial charge in [-0.25, -0.2) is 9.18 Å². The number of benzene rings is 2. The van der Waals surface area contributed by atoms with Crippen LogP contribution in [0.1, 0.15) is 50.5 Å². The van der Waals surface area contributed by atoms with Crippen LogP contribution in [0.3, 0.4) is 0 Å². The molecule has 0 aromatic heterocycles. The van der Waals surface area contributed by atoms with Crippen LogP contribution in [0.25, 0.3) is 0 Å². The summed E-state index contributed by atoms with van der Waals surface area (Å²) in [5.41, 5.74) is 2.01. The Morgan fingerprint density at radius 2 is 1.77 bits per heavy atom. The highest BCUT2D eigenvalue weighted by molar-refractivity contribution is 7.99. The van der Waals surface area contributed by atoms with Crippen LogP contribution in [-0.2, 0) is 20.9 Å². The lowest BCUT2D eigenvalue weighted by atomic mass is 10.1. The molecule has 1 aliphatic heterocycles. The number of hydrogen-bond acceptors (Lipinski definition) is 7. The summed E-state index contributed by atoms with van der Waals surface area (Å²) in [6.45, 7) is 7.54. The Bertz CT molecular complexity index is 1280. The second-order valence-electron chi connectivity index (χ2n) is 10.3. The number of hydrogen-bond donors (Lipinski definition) is 4. The topological polar surface area (TPSA) is 137 Å². The van der Waals surface area contributed by atoms with Gasteiger partial charge in [0.2, 0.25) is 0 Å². The summed E-state index contributed by atoms with van der Waals surface area (Å²) >= 11 is 7.13. The zero-order valence-corrected chi connectivity index (χ0v) is 23.6. The van der Waals surface area contributed by atoms with E-state index in [0.29, 0.717) is 15.5 Å². The number of hydrazine groups is 1. The predicted octanol–water partition coefficient (Wildman–Crippen LogP) is 3.54. The fourth-order valence-corrected chi connectivity index (χ4v) is 4.62. The number of carbonyl (C=O) groups excluding carboxylic acids is 4. The van der Waals surface area contributed by atoms with Gasteiger partial charge in [-0.1, -0.05) is 23.7 Å². The van der Waals surface area contributed by atoms with Crippen molar-refractivity contribution in [3.8, 4) is 0 Å². The van der Waals surface area contributed by atoms with Gasteiger partial charge < -0.3 is 20.1 Å². The number of nitrogens with one attached hydrogen (secondary N) is 3. The van der Waals surface area contributed by atoms with Crippen molar-refractivity contribution in [1.29, 1.82) is 0 Å². The first-order valence-electron chi connectivity index (χ1n) is 11.9. The Balaban J connectivity index is 1.97. The van der Waals surface area contributed by atoms with Crippen molar-refractivity contribution in [3.63, 3.8) is 0 Å². The van der Waals surface area contributed by atoms with Crippen LogP contribution < -0.4 is 21.1 Å². The van der Waals surface area contributed by atoms with E-state index in [1.54, 1.807) is 45.0 Å². The fourth-order valence-electron chi connectivity index (χ4n) is 3.42. The number of aliphatic hydroxyl groups is 1. The predicted molar refractivity (Wildman–Crippen MR) is 145 cm³/mol. The van der Waals surface area contributed by atoms with Gasteiger partial charge in [-0.05, 0) is 64.4 Å². The van der Waals surface area contributed by atoms with Gasteiger partial charge >= 0.3 is 6.09 Å². The molecule has 4 amide bonds. The lowest BCUT2D eigenvalue weighted by molar-refractivity contribution is -0.137. The number of ether oxygens (including phenoxy) is 1. The molecule has 0 fully saturated rings. The number of amides is 4. The van der Waals surface area contributed by atoms with E-state index in [1.165, 1.54) is 24.8 Å². The third-order valence-corrected chi connectivity index (χ3v) is 6.73. The van der Waals surface area contributed by atoms with E-state index in [9.17, 15) is 24.3 Å². The Labute approximate surface area is 234 Å². The van der Waals surface area contributed by atoms with E-state index in [4.69, 9.17) is 16.3 Å². The molecule has 0 saturated carbocycles. The smallest absolute Gasteiger partial charge is 0.408 e. The molecule has 13 heteroatoms. The second kappa shape index (κ2) is 11.8. The van der Waals surface area contributed by atoms with E-state index in [-0.39, 0.29) is 18.0 Å².